The summed E-state index contributed by atoms with van der Waals surface area (Å²) in [6.45, 7) is 0.338. The number of amides is 2. The van der Waals surface area contributed by atoms with Crippen molar-refractivity contribution in [1.29, 1.82) is 0 Å². The Hall–Kier alpha value is -1.95. The Morgan fingerprint density at radius 1 is 0.968 bits per heavy atom. The number of halogens is 3. The largest absolute Gasteiger partial charge is 0.492 e. The van der Waals surface area contributed by atoms with Gasteiger partial charge in [0.1, 0.15) is 5.75 Å². The summed E-state index contributed by atoms with van der Waals surface area (Å²) in [6.07, 6.45) is 6.22. The maximum Gasteiger partial charge on any atom is 0.253 e. The number of nitrogens with one attached hydrogen (secondary N) is 2. The second-order valence-corrected chi connectivity index (χ2v) is 8.83. The minimum Gasteiger partial charge on any atom is -0.492 e. The number of ether oxygens (including phenoxy) is 1. The number of carbonyl (C=O) groups is 2. The number of rotatable bonds is 8. The van der Waals surface area contributed by atoms with Gasteiger partial charge in [0.2, 0.25) is 5.91 Å². The van der Waals surface area contributed by atoms with Crippen LogP contribution >= 0.6 is 34.8 Å². The highest BCUT2D eigenvalue weighted by Crippen LogP contribution is 2.27. The maximum atomic E-state index is 12.6. The third-order valence-corrected chi connectivity index (χ3v) is 5.99. The molecule has 1 aliphatic carbocycles. The third-order valence-electron chi connectivity index (χ3n) is 5.13. The van der Waals surface area contributed by atoms with E-state index in [0.29, 0.717) is 45.1 Å². The van der Waals surface area contributed by atoms with E-state index in [1.54, 1.807) is 36.4 Å². The van der Waals surface area contributed by atoms with Gasteiger partial charge in [-0.1, -0.05) is 54.1 Å². The molecule has 2 aromatic carbocycles. The Kier molecular flexibility index (Phi) is 8.88. The van der Waals surface area contributed by atoms with Gasteiger partial charge in [-0.15, -0.1) is 0 Å². The van der Waals surface area contributed by atoms with Crippen LogP contribution in [0.5, 0.6) is 5.75 Å². The van der Waals surface area contributed by atoms with Crippen LogP contribution in [-0.4, -0.2) is 24.5 Å². The molecule has 0 bridgehead atoms. The first-order valence-electron chi connectivity index (χ1n) is 10.4. The van der Waals surface area contributed by atoms with E-state index in [1.807, 2.05) is 0 Å². The summed E-state index contributed by atoms with van der Waals surface area (Å²) in [5.74, 6) is 0.144. The average Bonchev–Trinajstić information content (AvgIpc) is 2.74. The minimum atomic E-state index is -0.207. The van der Waals surface area contributed by atoms with E-state index in [0.717, 1.165) is 25.7 Å². The van der Waals surface area contributed by atoms with Crippen LogP contribution in [0.15, 0.2) is 36.4 Å². The maximum absolute atomic E-state index is 12.6. The van der Waals surface area contributed by atoms with Crippen molar-refractivity contribution in [2.75, 3.05) is 11.9 Å². The van der Waals surface area contributed by atoms with E-state index >= 15 is 0 Å². The van der Waals surface area contributed by atoms with Crippen molar-refractivity contribution in [2.45, 2.75) is 51.0 Å². The summed E-state index contributed by atoms with van der Waals surface area (Å²) in [6, 6.07) is 10.1. The predicted octanol–water partition coefficient (Wildman–Crippen LogP) is 6.51. The molecular formula is C23H25Cl3N2O3. The molecule has 166 valence electrons. The van der Waals surface area contributed by atoms with Gasteiger partial charge in [0.05, 0.1) is 22.2 Å². The Labute approximate surface area is 197 Å². The first kappa shape index (κ1) is 23.7. The molecule has 0 aromatic heterocycles. The van der Waals surface area contributed by atoms with E-state index in [1.165, 1.54) is 6.42 Å². The zero-order chi connectivity index (χ0) is 22.2. The lowest BCUT2D eigenvalue weighted by molar-refractivity contribution is -0.116. The summed E-state index contributed by atoms with van der Waals surface area (Å²) < 4.78 is 5.59. The fourth-order valence-electron chi connectivity index (χ4n) is 3.52. The first-order valence-corrected chi connectivity index (χ1v) is 11.5. The van der Waals surface area contributed by atoms with Gasteiger partial charge in [-0.05, 0) is 55.7 Å². The summed E-state index contributed by atoms with van der Waals surface area (Å²) >= 11 is 18.1. The van der Waals surface area contributed by atoms with Gasteiger partial charge in [-0.3, -0.25) is 9.59 Å². The molecule has 8 heteroatoms. The van der Waals surface area contributed by atoms with E-state index in [-0.39, 0.29) is 24.3 Å². The molecular weight excluding hydrogens is 459 g/mol. The van der Waals surface area contributed by atoms with E-state index < -0.39 is 0 Å². The van der Waals surface area contributed by atoms with Gasteiger partial charge in [-0.25, -0.2) is 0 Å². The number of anilines is 1. The normalized spacial score (nSPS) is 14.2. The lowest BCUT2D eigenvalue weighted by Crippen LogP contribution is -2.36. The van der Waals surface area contributed by atoms with Gasteiger partial charge in [0, 0.05) is 23.2 Å². The van der Waals surface area contributed by atoms with Crippen LogP contribution in [-0.2, 0) is 4.79 Å². The molecule has 1 saturated carbocycles. The van der Waals surface area contributed by atoms with Crippen LogP contribution in [0.1, 0.15) is 55.3 Å². The van der Waals surface area contributed by atoms with Crippen LogP contribution < -0.4 is 15.4 Å². The summed E-state index contributed by atoms with van der Waals surface area (Å²) in [7, 11) is 0. The van der Waals surface area contributed by atoms with Crippen molar-refractivity contribution in [3.8, 4) is 5.75 Å². The van der Waals surface area contributed by atoms with Crippen molar-refractivity contribution in [1.82, 2.24) is 5.32 Å². The second-order valence-electron chi connectivity index (χ2n) is 7.58. The number of carbonyl (C=O) groups excluding carboxylic acids is 2. The van der Waals surface area contributed by atoms with Crippen LogP contribution in [0.2, 0.25) is 15.1 Å². The van der Waals surface area contributed by atoms with Gasteiger partial charge in [-0.2, -0.15) is 0 Å². The summed E-state index contributed by atoms with van der Waals surface area (Å²) in [5.41, 5.74) is 0.899. The highest BCUT2D eigenvalue weighted by atomic mass is 35.5. The highest BCUT2D eigenvalue weighted by Gasteiger charge is 2.19. The summed E-state index contributed by atoms with van der Waals surface area (Å²) in [5, 5.41) is 7.18. The Morgan fingerprint density at radius 2 is 1.74 bits per heavy atom. The van der Waals surface area contributed by atoms with Gasteiger partial charge in [0.15, 0.2) is 0 Å². The van der Waals surface area contributed by atoms with E-state index in [9.17, 15) is 9.59 Å². The molecule has 2 aromatic rings. The van der Waals surface area contributed by atoms with Crippen LogP contribution in [0.3, 0.4) is 0 Å². The zero-order valence-electron chi connectivity index (χ0n) is 17.1. The number of hydrogen-bond donors (Lipinski definition) is 2. The van der Waals surface area contributed by atoms with Crippen LogP contribution in [0.4, 0.5) is 5.69 Å². The number of hydrogen-bond acceptors (Lipinski definition) is 3. The minimum absolute atomic E-state index is 0.174. The molecule has 0 saturated heterocycles. The van der Waals surface area contributed by atoms with E-state index in [4.69, 9.17) is 39.5 Å². The topological polar surface area (TPSA) is 67.4 Å². The van der Waals surface area contributed by atoms with Crippen molar-refractivity contribution in [2.24, 2.45) is 0 Å². The predicted molar refractivity (Wildman–Crippen MR) is 126 cm³/mol. The van der Waals surface area contributed by atoms with Crippen LogP contribution in [0.25, 0.3) is 0 Å². The zero-order valence-corrected chi connectivity index (χ0v) is 19.3. The molecule has 3 rings (SSSR count). The summed E-state index contributed by atoms with van der Waals surface area (Å²) in [4.78, 5) is 24.9. The Morgan fingerprint density at radius 3 is 2.48 bits per heavy atom. The lowest BCUT2D eigenvalue weighted by atomic mass is 9.95. The molecule has 5 nitrogen and oxygen atoms in total. The van der Waals surface area contributed by atoms with Gasteiger partial charge >= 0.3 is 0 Å². The van der Waals surface area contributed by atoms with Crippen LogP contribution in [0, 0.1) is 0 Å². The molecule has 0 atom stereocenters. The lowest BCUT2D eigenvalue weighted by Gasteiger charge is -2.23. The van der Waals surface area contributed by atoms with Crippen molar-refractivity contribution < 1.29 is 14.3 Å². The second kappa shape index (κ2) is 11.6. The molecule has 0 heterocycles. The molecule has 1 aliphatic rings. The van der Waals surface area contributed by atoms with Crippen molar-refractivity contribution in [3.63, 3.8) is 0 Å². The van der Waals surface area contributed by atoms with Crippen molar-refractivity contribution in [3.05, 3.63) is 57.0 Å². The molecule has 1 fully saturated rings. The molecule has 2 amide bonds. The molecule has 0 radical (unpaired) electrons. The van der Waals surface area contributed by atoms with Gasteiger partial charge in [0.25, 0.3) is 5.91 Å². The quantitative estimate of drug-likeness (QED) is 0.421. The first-order chi connectivity index (χ1) is 14.9. The fraction of sp³-hybridized carbons (Fsp3) is 0.391. The smallest absolute Gasteiger partial charge is 0.253 e. The SMILES string of the molecule is O=C(CCCOc1ccc(Cl)cc1Cl)Nc1ccc(Cl)c(C(=O)NC2CCCCC2)c1. The average molecular weight is 484 g/mol. The fourth-order valence-corrected chi connectivity index (χ4v) is 4.18. The highest BCUT2D eigenvalue weighted by molar-refractivity contribution is 6.35. The third kappa shape index (κ3) is 7.30. The standard InChI is InChI=1S/C23H25Cl3N2O3/c24-15-8-11-21(20(26)13-15)31-12-4-7-22(29)27-17-9-10-19(25)18(14-17)23(30)28-16-5-2-1-3-6-16/h8-11,13-14,16H,1-7,12H2,(H,27,29)(H,28,30). The monoisotopic (exact) mass is 482 g/mol. The number of benzene rings is 2. The van der Waals surface area contributed by atoms with E-state index in [2.05, 4.69) is 10.6 Å². The molecule has 31 heavy (non-hydrogen) atoms. The Balaban J connectivity index is 1.48. The molecule has 0 spiro atoms. The molecule has 2 N–H and O–H groups in total. The Bertz CT molecular complexity index is 930. The molecule has 0 aliphatic heterocycles. The van der Waals surface area contributed by atoms with Crippen molar-refractivity contribution >= 4 is 52.3 Å². The van der Waals surface area contributed by atoms with Gasteiger partial charge < -0.3 is 15.4 Å². The molecule has 0 unspecified atom stereocenters.